The molecule has 3 rings (SSSR count). The van der Waals surface area contributed by atoms with Crippen molar-refractivity contribution in [1.82, 2.24) is 19.8 Å². The first kappa shape index (κ1) is 20.2. The highest BCUT2D eigenvalue weighted by Gasteiger charge is 2.28. The van der Waals surface area contributed by atoms with E-state index >= 15 is 0 Å². The lowest BCUT2D eigenvalue weighted by atomic mass is 10.0. The molecule has 2 amide bonds. The number of aldehydes is 1. The number of benzene rings is 1. The lowest BCUT2D eigenvalue weighted by molar-refractivity contribution is -0.127. The van der Waals surface area contributed by atoms with Gasteiger partial charge in [-0.05, 0) is 12.8 Å². The molecule has 0 saturated carbocycles. The number of nitrogens with zero attached hydrogens (tertiary/aromatic N) is 4. The fourth-order valence-corrected chi connectivity index (χ4v) is 3.16. The SMILES string of the molecule is CN(C)C(=O)C1=C(C=O)CCCN1CC(=O)Nc1cnc(-c2ccccc2)cn1. The standard InChI is InChI=1S/C21H23N5O3/c1-25(2)21(29)20-16(14-27)9-6-10-26(20)13-19(28)24-18-12-22-17(11-23-18)15-7-4-3-5-8-15/h3-5,7-8,11-12,14H,6,9-10,13H2,1-2H3,(H,23,24,28). The Morgan fingerprint density at radius 1 is 1.17 bits per heavy atom. The summed E-state index contributed by atoms with van der Waals surface area (Å²) in [5.41, 5.74) is 2.35. The number of amides is 2. The Hall–Kier alpha value is -3.55. The van der Waals surface area contributed by atoms with Gasteiger partial charge in [0.1, 0.15) is 12.0 Å². The van der Waals surface area contributed by atoms with Crippen molar-refractivity contribution in [2.24, 2.45) is 0 Å². The maximum absolute atomic E-state index is 12.5. The molecule has 0 radical (unpaired) electrons. The molecule has 8 nitrogen and oxygen atoms in total. The van der Waals surface area contributed by atoms with Crippen molar-refractivity contribution in [2.75, 3.05) is 32.5 Å². The van der Waals surface area contributed by atoms with Gasteiger partial charge < -0.3 is 15.1 Å². The molecule has 1 aromatic heterocycles. The third-order valence-corrected chi connectivity index (χ3v) is 4.57. The maximum Gasteiger partial charge on any atom is 0.270 e. The van der Waals surface area contributed by atoms with Crippen LogP contribution in [0.2, 0.25) is 0 Å². The van der Waals surface area contributed by atoms with E-state index < -0.39 is 0 Å². The number of likely N-dealkylation sites (N-methyl/N-ethyl adjacent to an activating group) is 1. The summed E-state index contributed by atoms with van der Waals surface area (Å²) < 4.78 is 0. The van der Waals surface area contributed by atoms with Gasteiger partial charge in [0.15, 0.2) is 5.82 Å². The number of hydrogen-bond acceptors (Lipinski definition) is 6. The molecule has 150 valence electrons. The third kappa shape index (κ3) is 4.84. The average molecular weight is 393 g/mol. The second-order valence-corrected chi connectivity index (χ2v) is 6.92. The molecule has 8 heteroatoms. The van der Waals surface area contributed by atoms with E-state index in [1.165, 1.54) is 11.1 Å². The van der Waals surface area contributed by atoms with Crippen LogP contribution in [0.4, 0.5) is 5.82 Å². The van der Waals surface area contributed by atoms with Gasteiger partial charge in [-0.2, -0.15) is 0 Å². The van der Waals surface area contributed by atoms with E-state index in [0.717, 1.165) is 5.56 Å². The minimum atomic E-state index is -0.331. The molecule has 0 unspecified atom stereocenters. The van der Waals surface area contributed by atoms with Gasteiger partial charge in [0.2, 0.25) is 5.91 Å². The van der Waals surface area contributed by atoms with E-state index in [4.69, 9.17) is 0 Å². The van der Waals surface area contributed by atoms with Crippen LogP contribution in [-0.4, -0.2) is 65.1 Å². The summed E-state index contributed by atoms with van der Waals surface area (Å²) in [7, 11) is 3.24. The number of nitrogens with one attached hydrogen (secondary N) is 1. The summed E-state index contributed by atoms with van der Waals surface area (Å²) in [5, 5.41) is 2.70. The molecule has 1 N–H and O–H groups in total. The van der Waals surface area contributed by atoms with Gasteiger partial charge in [-0.25, -0.2) is 4.98 Å². The normalized spacial score (nSPS) is 13.8. The molecular formula is C21H23N5O3. The highest BCUT2D eigenvalue weighted by molar-refractivity contribution is 5.99. The predicted molar refractivity (Wildman–Crippen MR) is 109 cm³/mol. The van der Waals surface area contributed by atoms with Gasteiger partial charge in [0, 0.05) is 31.8 Å². The van der Waals surface area contributed by atoms with Gasteiger partial charge in [-0.15, -0.1) is 0 Å². The molecule has 0 bridgehead atoms. The predicted octanol–water partition coefficient (Wildman–Crippen LogP) is 1.72. The molecule has 0 aliphatic carbocycles. The van der Waals surface area contributed by atoms with Crippen molar-refractivity contribution < 1.29 is 14.4 Å². The lowest BCUT2D eigenvalue weighted by Crippen LogP contribution is -2.42. The Kier molecular flexibility index (Phi) is 6.33. The third-order valence-electron chi connectivity index (χ3n) is 4.57. The van der Waals surface area contributed by atoms with Crippen LogP contribution in [0.3, 0.4) is 0 Å². The molecule has 1 aromatic carbocycles. The van der Waals surface area contributed by atoms with E-state index in [-0.39, 0.29) is 24.1 Å². The number of rotatable bonds is 6. The van der Waals surface area contributed by atoms with Crippen molar-refractivity contribution in [2.45, 2.75) is 12.8 Å². The molecule has 0 saturated heterocycles. The molecule has 0 fully saturated rings. The fraction of sp³-hybridized carbons (Fsp3) is 0.286. The van der Waals surface area contributed by atoms with Crippen molar-refractivity contribution in [3.63, 3.8) is 0 Å². The van der Waals surface area contributed by atoms with Crippen LogP contribution >= 0.6 is 0 Å². The molecule has 2 heterocycles. The number of allylic oxidation sites excluding steroid dienone is 1. The van der Waals surface area contributed by atoms with Crippen LogP contribution in [0.1, 0.15) is 12.8 Å². The highest BCUT2D eigenvalue weighted by Crippen LogP contribution is 2.22. The topological polar surface area (TPSA) is 95.5 Å². The molecule has 29 heavy (non-hydrogen) atoms. The molecule has 0 spiro atoms. The maximum atomic E-state index is 12.5. The van der Waals surface area contributed by atoms with Crippen LogP contribution < -0.4 is 5.32 Å². The first-order valence-corrected chi connectivity index (χ1v) is 9.32. The number of carbonyl (C=O) groups is 3. The van der Waals surface area contributed by atoms with Crippen molar-refractivity contribution >= 4 is 23.9 Å². The minimum absolute atomic E-state index is 0.0473. The van der Waals surface area contributed by atoms with Crippen molar-refractivity contribution in [1.29, 1.82) is 0 Å². The van der Waals surface area contributed by atoms with Crippen LogP contribution in [0.25, 0.3) is 11.3 Å². The quantitative estimate of drug-likeness (QED) is 0.751. The van der Waals surface area contributed by atoms with E-state index in [1.807, 2.05) is 30.3 Å². The summed E-state index contributed by atoms with van der Waals surface area (Å²) in [5.74, 6) is -0.290. The zero-order valence-corrected chi connectivity index (χ0v) is 16.5. The van der Waals surface area contributed by atoms with E-state index in [0.29, 0.717) is 42.8 Å². The second kappa shape index (κ2) is 9.09. The zero-order chi connectivity index (χ0) is 20.8. The van der Waals surface area contributed by atoms with Gasteiger partial charge in [-0.3, -0.25) is 19.4 Å². The lowest BCUT2D eigenvalue weighted by Gasteiger charge is -2.32. The highest BCUT2D eigenvalue weighted by atomic mass is 16.2. The Bertz CT molecular complexity index is 923. The van der Waals surface area contributed by atoms with E-state index in [2.05, 4.69) is 15.3 Å². The van der Waals surface area contributed by atoms with Crippen molar-refractivity contribution in [3.05, 3.63) is 54.0 Å². The molecule has 0 atom stereocenters. The van der Waals surface area contributed by atoms with Crippen LogP contribution in [0, 0.1) is 0 Å². The number of carbonyl (C=O) groups excluding carboxylic acids is 3. The number of anilines is 1. The Labute approximate surface area is 169 Å². The fourth-order valence-electron chi connectivity index (χ4n) is 3.16. The Balaban J connectivity index is 1.69. The molecule has 1 aliphatic rings. The molecular weight excluding hydrogens is 370 g/mol. The summed E-state index contributed by atoms with van der Waals surface area (Å²) in [4.78, 5) is 48.0. The Morgan fingerprint density at radius 3 is 2.55 bits per heavy atom. The summed E-state index contributed by atoms with van der Waals surface area (Å²) in [6.07, 6.45) is 5.03. The summed E-state index contributed by atoms with van der Waals surface area (Å²) in [6, 6.07) is 9.61. The van der Waals surface area contributed by atoms with Crippen molar-refractivity contribution in [3.8, 4) is 11.3 Å². The van der Waals surface area contributed by atoms with Gasteiger partial charge in [-0.1, -0.05) is 30.3 Å². The first-order valence-electron chi connectivity index (χ1n) is 9.32. The average Bonchev–Trinajstić information content (AvgIpc) is 2.74. The first-order chi connectivity index (χ1) is 14.0. The van der Waals surface area contributed by atoms with E-state index in [1.54, 1.807) is 25.2 Å². The van der Waals surface area contributed by atoms with Gasteiger partial charge in [0.25, 0.3) is 5.91 Å². The summed E-state index contributed by atoms with van der Waals surface area (Å²) in [6.45, 7) is 0.479. The molecule has 2 aromatic rings. The van der Waals surface area contributed by atoms with Gasteiger partial charge >= 0.3 is 0 Å². The van der Waals surface area contributed by atoms with Gasteiger partial charge in [0.05, 0.1) is 24.6 Å². The number of aromatic nitrogens is 2. The van der Waals surface area contributed by atoms with E-state index in [9.17, 15) is 14.4 Å². The van der Waals surface area contributed by atoms with Crippen LogP contribution in [-0.2, 0) is 14.4 Å². The zero-order valence-electron chi connectivity index (χ0n) is 16.5. The van der Waals surface area contributed by atoms with Crippen LogP contribution in [0.5, 0.6) is 0 Å². The smallest absolute Gasteiger partial charge is 0.270 e. The number of hydrogen-bond donors (Lipinski definition) is 1. The molecule has 1 aliphatic heterocycles. The summed E-state index contributed by atoms with van der Waals surface area (Å²) >= 11 is 0. The monoisotopic (exact) mass is 393 g/mol. The second-order valence-electron chi connectivity index (χ2n) is 6.92. The Morgan fingerprint density at radius 2 is 1.93 bits per heavy atom. The largest absolute Gasteiger partial charge is 0.357 e. The minimum Gasteiger partial charge on any atom is -0.357 e. The van der Waals surface area contributed by atoms with Crippen LogP contribution in [0.15, 0.2) is 54.0 Å².